The fourth-order valence-corrected chi connectivity index (χ4v) is 4.84. The second kappa shape index (κ2) is 7.90. The third-order valence-electron chi connectivity index (χ3n) is 6.37. The highest BCUT2D eigenvalue weighted by atomic mass is 16.5. The highest BCUT2D eigenvalue weighted by Crippen LogP contribution is 2.45. The molecule has 0 saturated carbocycles. The Balaban J connectivity index is 1.48. The lowest BCUT2D eigenvalue weighted by Gasteiger charge is -2.30. The number of nitrogens with zero attached hydrogens (tertiary/aromatic N) is 2. The van der Waals surface area contributed by atoms with E-state index < -0.39 is 0 Å². The molecule has 152 valence electrons. The van der Waals surface area contributed by atoms with Crippen LogP contribution in [0.2, 0.25) is 0 Å². The average Bonchev–Trinajstić information content (AvgIpc) is 3.26. The van der Waals surface area contributed by atoms with E-state index in [-0.39, 0.29) is 30.4 Å². The highest BCUT2D eigenvalue weighted by Gasteiger charge is 2.49. The van der Waals surface area contributed by atoms with E-state index >= 15 is 0 Å². The summed E-state index contributed by atoms with van der Waals surface area (Å²) in [7, 11) is 0. The molecule has 2 fully saturated rings. The second-order valence-electron chi connectivity index (χ2n) is 8.25. The SMILES string of the molecule is CC(=O)N1C[C@H]2CN(C(=O)COc3ccccc3C)C[C@H]2[C@H]1c1ccccc1C. The van der Waals surface area contributed by atoms with Crippen LogP contribution in [0.15, 0.2) is 48.5 Å². The minimum atomic E-state index is 0.0144. The van der Waals surface area contributed by atoms with Gasteiger partial charge < -0.3 is 14.5 Å². The van der Waals surface area contributed by atoms with E-state index in [1.807, 2.05) is 53.1 Å². The maximum absolute atomic E-state index is 12.8. The van der Waals surface area contributed by atoms with Crippen molar-refractivity contribution in [3.05, 3.63) is 65.2 Å². The maximum atomic E-state index is 12.8. The molecule has 3 atom stereocenters. The summed E-state index contributed by atoms with van der Waals surface area (Å²) in [6, 6.07) is 16.0. The van der Waals surface area contributed by atoms with E-state index in [9.17, 15) is 9.59 Å². The van der Waals surface area contributed by atoms with Crippen molar-refractivity contribution >= 4 is 11.8 Å². The first-order valence-electron chi connectivity index (χ1n) is 10.2. The smallest absolute Gasteiger partial charge is 0.260 e. The Bertz CT molecular complexity index is 926. The third-order valence-corrected chi connectivity index (χ3v) is 6.37. The molecule has 2 aromatic rings. The van der Waals surface area contributed by atoms with Crippen LogP contribution in [0.25, 0.3) is 0 Å². The number of amides is 2. The molecule has 5 nitrogen and oxygen atoms in total. The van der Waals surface area contributed by atoms with Crippen LogP contribution in [-0.4, -0.2) is 47.9 Å². The zero-order valence-electron chi connectivity index (χ0n) is 17.3. The molecule has 0 spiro atoms. The number of ether oxygens (including phenoxy) is 1. The molecule has 0 aromatic heterocycles. The number of likely N-dealkylation sites (tertiary alicyclic amines) is 2. The molecule has 29 heavy (non-hydrogen) atoms. The van der Waals surface area contributed by atoms with Gasteiger partial charge in [0, 0.05) is 38.4 Å². The summed E-state index contributed by atoms with van der Waals surface area (Å²) in [6.45, 7) is 7.83. The van der Waals surface area contributed by atoms with Crippen molar-refractivity contribution in [2.75, 3.05) is 26.2 Å². The molecule has 0 radical (unpaired) electrons. The lowest BCUT2D eigenvalue weighted by Crippen LogP contribution is -2.38. The quantitative estimate of drug-likeness (QED) is 0.802. The third kappa shape index (κ3) is 3.74. The molecule has 4 rings (SSSR count). The van der Waals surface area contributed by atoms with Crippen molar-refractivity contribution in [2.24, 2.45) is 11.8 Å². The number of fused-ring (bicyclic) bond motifs is 1. The molecule has 0 unspecified atom stereocenters. The van der Waals surface area contributed by atoms with Crippen LogP contribution in [-0.2, 0) is 9.59 Å². The Morgan fingerprint density at radius 3 is 2.34 bits per heavy atom. The average molecular weight is 392 g/mol. The molecule has 0 bridgehead atoms. The number of carbonyl (C=O) groups excluding carboxylic acids is 2. The van der Waals surface area contributed by atoms with E-state index in [2.05, 4.69) is 19.1 Å². The number of benzene rings is 2. The molecule has 2 aromatic carbocycles. The highest BCUT2D eigenvalue weighted by molar-refractivity contribution is 5.78. The number of para-hydroxylation sites is 1. The van der Waals surface area contributed by atoms with Gasteiger partial charge in [-0.15, -0.1) is 0 Å². The van der Waals surface area contributed by atoms with Gasteiger partial charge in [-0.3, -0.25) is 9.59 Å². The molecule has 5 heteroatoms. The Kier molecular flexibility index (Phi) is 5.31. The van der Waals surface area contributed by atoms with Gasteiger partial charge >= 0.3 is 0 Å². The Labute approximate surface area is 172 Å². The predicted octanol–water partition coefficient (Wildman–Crippen LogP) is 3.36. The van der Waals surface area contributed by atoms with E-state index in [0.29, 0.717) is 25.6 Å². The monoisotopic (exact) mass is 392 g/mol. The number of aryl methyl sites for hydroxylation is 2. The van der Waals surface area contributed by atoms with Gasteiger partial charge in [0.1, 0.15) is 5.75 Å². The molecule has 2 aliphatic rings. The molecule has 0 N–H and O–H groups in total. The van der Waals surface area contributed by atoms with Crippen molar-refractivity contribution in [1.82, 2.24) is 9.80 Å². The zero-order valence-corrected chi connectivity index (χ0v) is 17.3. The first kappa shape index (κ1) is 19.5. The zero-order chi connectivity index (χ0) is 20.5. The summed E-state index contributed by atoms with van der Waals surface area (Å²) in [6.07, 6.45) is 0. The fourth-order valence-electron chi connectivity index (χ4n) is 4.84. The molecule has 2 amide bonds. The van der Waals surface area contributed by atoms with Crippen LogP contribution in [0.3, 0.4) is 0 Å². The molecule has 2 saturated heterocycles. The standard InChI is InChI=1S/C24H28N2O3/c1-16-8-4-6-10-20(16)24-21-14-25(12-19(21)13-26(24)18(3)27)23(28)15-29-22-11-7-5-9-17(22)2/h4-11,19,21,24H,12-15H2,1-3H3/t19-,21-,24-/m1/s1. The van der Waals surface area contributed by atoms with Crippen LogP contribution in [0.4, 0.5) is 0 Å². The molecule has 2 aliphatic heterocycles. The van der Waals surface area contributed by atoms with Crippen molar-refractivity contribution in [2.45, 2.75) is 26.8 Å². The van der Waals surface area contributed by atoms with Gasteiger partial charge in [0.15, 0.2) is 6.61 Å². The summed E-state index contributed by atoms with van der Waals surface area (Å²) < 4.78 is 5.77. The van der Waals surface area contributed by atoms with Gasteiger partial charge in [-0.1, -0.05) is 42.5 Å². The summed E-state index contributed by atoms with van der Waals surface area (Å²) in [5, 5.41) is 0. The lowest BCUT2D eigenvalue weighted by molar-refractivity contribution is -0.133. The van der Waals surface area contributed by atoms with Gasteiger partial charge in [-0.25, -0.2) is 0 Å². The van der Waals surface area contributed by atoms with Gasteiger partial charge in [0.25, 0.3) is 5.91 Å². The summed E-state index contributed by atoms with van der Waals surface area (Å²) in [5.74, 6) is 1.45. The molecule has 2 heterocycles. The summed E-state index contributed by atoms with van der Waals surface area (Å²) >= 11 is 0. The van der Waals surface area contributed by atoms with Gasteiger partial charge in [-0.05, 0) is 36.6 Å². The summed E-state index contributed by atoms with van der Waals surface area (Å²) in [4.78, 5) is 29.0. The number of hydrogen-bond donors (Lipinski definition) is 0. The minimum Gasteiger partial charge on any atom is -0.484 e. The van der Waals surface area contributed by atoms with Gasteiger partial charge in [-0.2, -0.15) is 0 Å². The maximum Gasteiger partial charge on any atom is 0.260 e. The Hall–Kier alpha value is -2.82. The van der Waals surface area contributed by atoms with E-state index in [0.717, 1.165) is 11.3 Å². The largest absolute Gasteiger partial charge is 0.484 e. The van der Waals surface area contributed by atoms with Gasteiger partial charge in [0.05, 0.1) is 6.04 Å². The minimum absolute atomic E-state index is 0.0144. The van der Waals surface area contributed by atoms with Crippen LogP contribution >= 0.6 is 0 Å². The van der Waals surface area contributed by atoms with Crippen molar-refractivity contribution in [1.29, 1.82) is 0 Å². The van der Waals surface area contributed by atoms with Crippen molar-refractivity contribution < 1.29 is 14.3 Å². The number of carbonyl (C=O) groups is 2. The normalized spacial score (nSPS) is 23.2. The van der Waals surface area contributed by atoms with Crippen LogP contribution in [0.1, 0.15) is 29.7 Å². The van der Waals surface area contributed by atoms with E-state index in [1.165, 1.54) is 11.1 Å². The van der Waals surface area contributed by atoms with E-state index in [1.54, 1.807) is 6.92 Å². The van der Waals surface area contributed by atoms with Crippen LogP contribution in [0.5, 0.6) is 5.75 Å². The first-order valence-corrected chi connectivity index (χ1v) is 10.2. The number of hydrogen-bond acceptors (Lipinski definition) is 3. The van der Waals surface area contributed by atoms with Crippen molar-refractivity contribution in [3.8, 4) is 5.75 Å². The molecule has 0 aliphatic carbocycles. The van der Waals surface area contributed by atoms with Crippen molar-refractivity contribution in [3.63, 3.8) is 0 Å². The van der Waals surface area contributed by atoms with Gasteiger partial charge in [0.2, 0.25) is 5.91 Å². The second-order valence-corrected chi connectivity index (χ2v) is 8.25. The fraction of sp³-hybridized carbons (Fsp3) is 0.417. The lowest BCUT2D eigenvalue weighted by atomic mass is 9.87. The molecular weight excluding hydrogens is 364 g/mol. The van der Waals surface area contributed by atoms with E-state index in [4.69, 9.17) is 4.74 Å². The Morgan fingerprint density at radius 1 is 0.966 bits per heavy atom. The topological polar surface area (TPSA) is 49.9 Å². The predicted molar refractivity (Wildman–Crippen MR) is 112 cm³/mol. The first-order chi connectivity index (χ1) is 14.0. The summed E-state index contributed by atoms with van der Waals surface area (Å²) in [5.41, 5.74) is 3.41. The molecular formula is C24H28N2O3. The number of rotatable bonds is 4. The Morgan fingerprint density at radius 2 is 1.66 bits per heavy atom. The van der Waals surface area contributed by atoms with Crippen LogP contribution < -0.4 is 4.74 Å². The van der Waals surface area contributed by atoms with Crippen LogP contribution in [0, 0.1) is 25.7 Å².